The molecule has 7 heteroatoms. The van der Waals surface area contributed by atoms with Gasteiger partial charge in [0.1, 0.15) is 10.6 Å². The van der Waals surface area contributed by atoms with Gasteiger partial charge in [-0.15, -0.1) is 0 Å². The highest BCUT2D eigenvalue weighted by Crippen LogP contribution is 2.26. The number of phenols is 1. The van der Waals surface area contributed by atoms with Crippen LogP contribution in [0.2, 0.25) is 0 Å². The number of phenolic OH excluding ortho intramolecular Hbond substituents is 1. The number of aliphatic hydroxyl groups excluding tert-OH is 1. The maximum Gasteiger partial charge on any atom is 0.179 e. The van der Waals surface area contributed by atoms with Crippen LogP contribution in [0.25, 0.3) is 0 Å². The maximum atomic E-state index is 11.7. The van der Waals surface area contributed by atoms with Crippen molar-refractivity contribution in [2.45, 2.75) is 30.4 Å². The molecule has 0 radical (unpaired) electrons. The van der Waals surface area contributed by atoms with Gasteiger partial charge in [0.15, 0.2) is 9.84 Å². The summed E-state index contributed by atoms with van der Waals surface area (Å²) in [7, 11) is -3.55. The van der Waals surface area contributed by atoms with Gasteiger partial charge in [-0.2, -0.15) is 0 Å². The van der Waals surface area contributed by atoms with Crippen molar-refractivity contribution < 1.29 is 18.6 Å². The van der Waals surface area contributed by atoms with Gasteiger partial charge in [-0.1, -0.05) is 24.3 Å². The van der Waals surface area contributed by atoms with E-state index in [9.17, 15) is 18.6 Å². The molecule has 0 aliphatic carbocycles. The van der Waals surface area contributed by atoms with E-state index in [-0.39, 0.29) is 16.7 Å². The van der Waals surface area contributed by atoms with E-state index >= 15 is 0 Å². The van der Waals surface area contributed by atoms with Gasteiger partial charge in [-0.05, 0) is 43.2 Å². The molecule has 2 atom stereocenters. The van der Waals surface area contributed by atoms with Crippen LogP contribution in [0.5, 0.6) is 5.75 Å². The van der Waals surface area contributed by atoms with Crippen molar-refractivity contribution in [3.05, 3.63) is 54.1 Å². The molecule has 2 rings (SSSR count). The minimum Gasteiger partial charge on any atom is -0.507 e. The van der Waals surface area contributed by atoms with Crippen molar-refractivity contribution in [2.75, 3.05) is 24.7 Å². The third-order valence-electron chi connectivity index (χ3n) is 4.11. The van der Waals surface area contributed by atoms with Crippen molar-refractivity contribution in [1.29, 1.82) is 0 Å². The summed E-state index contributed by atoms with van der Waals surface area (Å²) in [5.74, 6) is -0.309. The topological polar surface area (TPSA) is 98.7 Å². The summed E-state index contributed by atoms with van der Waals surface area (Å²) in [5.41, 5.74) is 1.52. The molecule has 2 unspecified atom stereocenters. The zero-order chi connectivity index (χ0) is 19.2. The fourth-order valence-corrected chi connectivity index (χ4v) is 3.35. The van der Waals surface area contributed by atoms with Crippen LogP contribution in [0.15, 0.2) is 53.4 Å². The summed E-state index contributed by atoms with van der Waals surface area (Å²) < 4.78 is 23.3. The number of rotatable bonds is 9. The van der Waals surface area contributed by atoms with Crippen molar-refractivity contribution in [3.8, 4) is 5.75 Å². The summed E-state index contributed by atoms with van der Waals surface area (Å²) in [5, 5.41) is 26.5. The summed E-state index contributed by atoms with van der Waals surface area (Å²) in [6.07, 6.45) is 1.03. The molecular weight excluding hydrogens is 352 g/mol. The molecule has 0 saturated heterocycles. The number of anilines is 1. The van der Waals surface area contributed by atoms with E-state index in [0.717, 1.165) is 24.9 Å². The second kappa shape index (κ2) is 9.02. The van der Waals surface area contributed by atoms with Crippen LogP contribution in [0.1, 0.15) is 25.0 Å². The summed E-state index contributed by atoms with van der Waals surface area (Å²) in [6.45, 7) is 3.12. The Hall–Kier alpha value is -2.09. The number of sulfone groups is 1. The third kappa shape index (κ3) is 6.01. The number of aromatic hydroxyl groups is 1. The van der Waals surface area contributed by atoms with E-state index in [1.807, 2.05) is 37.3 Å². The first-order valence-electron chi connectivity index (χ1n) is 8.50. The average molecular weight is 378 g/mol. The lowest BCUT2D eigenvalue weighted by atomic mass is 10.1. The van der Waals surface area contributed by atoms with Crippen LogP contribution < -0.4 is 10.6 Å². The van der Waals surface area contributed by atoms with Crippen molar-refractivity contribution in [1.82, 2.24) is 5.32 Å². The van der Waals surface area contributed by atoms with Crippen molar-refractivity contribution in [3.63, 3.8) is 0 Å². The van der Waals surface area contributed by atoms with Crippen LogP contribution in [-0.2, 0) is 9.84 Å². The molecule has 0 bridgehead atoms. The van der Waals surface area contributed by atoms with Gasteiger partial charge in [0, 0.05) is 31.1 Å². The number of hydrogen-bond donors (Lipinski definition) is 4. The fraction of sp³-hybridized carbons (Fsp3) is 0.368. The lowest BCUT2D eigenvalue weighted by Gasteiger charge is -2.18. The Morgan fingerprint density at radius 3 is 2.46 bits per heavy atom. The Balaban J connectivity index is 1.83. The van der Waals surface area contributed by atoms with E-state index in [2.05, 4.69) is 10.6 Å². The van der Waals surface area contributed by atoms with E-state index in [4.69, 9.17) is 0 Å². The second-order valence-corrected chi connectivity index (χ2v) is 8.39. The smallest absolute Gasteiger partial charge is 0.179 e. The van der Waals surface area contributed by atoms with Gasteiger partial charge < -0.3 is 20.8 Å². The Bertz CT molecular complexity index is 810. The van der Waals surface area contributed by atoms with Crippen LogP contribution in [-0.4, -0.2) is 44.0 Å². The number of para-hydroxylation sites is 1. The largest absolute Gasteiger partial charge is 0.507 e. The van der Waals surface area contributed by atoms with Crippen LogP contribution in [0.3, 0.4) is 0 Å². The molecule has 142 valence electrons. The minimum absolute atomic E-state index is 0.172. The molecule has 0 heterocycles. The molecule has 0 aliphatic rings. The molecule has 0 aromatic heterocycles. The highest BCUT2D eigenvalue weighted by atomic mass is 32.2. The van der Waals surface area contributed by atoms with Gasteiger partial charge in [-0.25, -0.2) is 8.42 Å². The van der Waals surface area contributed by atoms with Gasteiger partial charge in [-0.3, -0.25) is 0 Å². The quantitative estimate of drug-likeness (QED) is 0.534. The van der Waals surface area contributed by atoms with Gasteiger partial charge in [0.25, 0.3) is 0 Å². The van der Waals surface area contributed by atoms with E-state index in [1.165, 1.54) is 18.2 Å². The van der Waals surface area contributed by atoms with Gasteiger partial charge in [0.2, 0.25) is 0 Å². The number of benzene rings is 2. The summed E-state index contributed by atoms with van der Waals surface area (Å²) in [6, 6.07) is 14.2. The minimum atomic E-state index is -3.55. The normalized spacial score (nSPS) is 14.0. The first kappa shape index (κ1) is 20.2. The van der Waals surface area contributed by atoms with Gasteiger partial charge in [0.05, 0.1) is 6.10 Å². The van der Waals surface area contributed by atoms with Crippen molar-refractivity contribution >= 4 is 15.5 Å². The lowest BCUT2D eigenvalue weighted by Crippen LogP contribution is -2.32. The Morgan fingerprint density at radius 1 is 1.12 bits per heavy atom. The molecular formula is C19H26N2O4S. The number of aliphatic hydroxyl groups is 1. The van der Waals surface area contributed by atoms with Crippen molar-refractivity contribution in [2.24, 2.45) is 0 Å². The van der Waals surface area contributed by atoms with Crippen LogP contribution in [0.4, 0.5) is 5.69 Å². The lowest BCUT2D eigenvalue weighted by molar-refractivity contribution is 0.170. The molecule has 4 N–H and O–H groups in total. The maximum absolute atomic E-state index is 11.7. The third-order valence-corrected chi connectivity index (χ3v) is 5.23. The Labute approximate surface area is 154 Å². The van der Waals surface area contributed by atoms with E-state index < -0.39 is 15.9 Å². The van der Waals surface area contributed by atoms with Crippen LogP contribution >= 0.6 is 0 Å². The average Bonchev–Trinajstić information content (AvgIpc) is 2.60. The van der Waals surface area contributed by atoms with Crippen LogP contribution in [0, 0.1) is 0 Å². The summed E-state index contributed by atoms with van der Waals surface area (Å²) in [4.78, 5) is -0.172. The molecule has 6 nitrogen and oxygen atoms in total. The standard InChI is InChI=1S/C19H26N2O4S/c1-14(10-11-20-16-6-4-3-5-7-16)21-13-18(23)15-8-9-17(22)19(12-15)26(2,24)25/h3-9,12,14,18,20-23H,10-11,13H2,1-2H3. The first-order valence-corrected chi connectivity index (χ1v) is 10.4. The Kier molecular flexibility index (Phi) is 7.02. The molecule has 0 fully saturated rings. The highest BCUT2D eigenvalue weighted by Gasteiger charge is 2.17. The monoisotopic (exact) mass is 378 g/mol. The predicted octanol–water partition coefficient (Wildman–Crippen LogP) is 2.31. The number of hydrogen-bond acceptors (Lipinski definition) is 6. The molecule has 26 heavy (non-hydrogen) atoms. The molecule has 2 aromatic rings. The molecule has 0 amide bonds. The molecule has 0 aliphatic heterocycles. The highest BCUT2D eigenvalue weighted by molar-refractivity contribution is 7.90. The predicted molar refractivity (Wildman–Crippen MR) is 103 cm³/mol. The molecule has 0 saturated carbocycles. The number of nitrogens with one attached hydrogen (secondary N) is 2. The SMILES string of the molecule is CC(CCNc1ccccc1)NCC(O)c1ccc(O)c(S(C)(=O)=O)c1. The van der Waals surface area contributed by atoms with Gasteiger partial charge >= 0.3 is 0 Å². The molecule has 0 spiro atoms. The summed E-state index contributed by atoms with van der Waals surface area (Å²) >= 11 is 0. The molecule has 2 aromatic carbocycles. The zero-order valence-electron chi connectivity index (χ0n) is 15.0. The first-order chi connectivity index (χ1) is 12.3. The Morgan fingerprint density at radius 2 is 1.81 bits per heavy atom. The van der Waals surface area contributed by atoms with E-state index in [1.54, 1.807) is 0 Å². The second-order valence-electron chi connectivity index (χ2n) is 6.41. The van der Waals surface area contributed by atoms with E-state index in [0.29, 0.717) is 12.1 Å². The zero-order valence-corrected chi connectivity index (χ0v) is 15.8. The fourth-order valence-electron chi connectivity index (χ4n) is 2.56.